The average molecular weight is 237 g/mol. The number of aliphatic carboxylic acids is 1. The lowest BCUT2D eigenvalue weighted by Gasteiger charge is -2.17. The molecule has 1 heterocycles. The van der Waals surface area contributed by atoms with Gasteiger partial charge in [-0.2, -0.15) is 0 Å². The smallest absolute Gasteiger partial charge is 0.307 e. The summed E-state index contributed by atoms with van der Waals surface area (Å²) in [5.41, 5.74) is 0. The van der Waals surface area contributed by atoms with E-state index in [4.69, 9.17) is 0 Å². The molecule has 1 aliphatic carbocycles. The summed E-state index contributed by atoms with van der Waals surface area (Å²) < 4.78 is 2.01. The van der Waals surface area contributed by atoms with Crippen LogP contribution in [0.3, 0.4) is 0 Å². The lowest BCUT2D eigenvalue weighted by molar-refractivity contribution is -0.142. The van der Waals surface area contributed by atoms with Crippen LogP contribution in [0, 0.1) is 11.8 Å². The third-order valence-electron chi connectivity index (χ3n) is 3.37. The van der Waals surface area contributed by atoms with E-state index in [1.165, 1.54) is 0 Å². The number of carboxylic acid groups (broad SMARTS) is 1. The second-order valence-corrected chi connectivity index (χ2v) is 5.22. The van der Waals surface area contributed by atoms with Gasteiger partial charge in [-0.1, -0.05) is 20.3 Å². The Morgan fingerprint density at radius 3 is 3.00 bits per heavy atom. The molecule has 1 saturated carbocycles. The Labute approximate surface area is 101 Å². The maximum absolute atomic E-state index is 11.2. The Morgan fingerprint density at radius 2 is 2.35 bits per heavy atom. The zero-order valence-corrected chi connectivity index (χ0v) is 10.3. The topological polar surface area (TPSA) is 68.0 Å². The Hall–Kier alpha value is -1.39. The van der Waals surface area contributed by atoms with Crippen LogP contribution >= 0.6 is 0 Å². The first-order chi connectivity index (χ1) is 8.09. The van der Waals surface area contributed by atoms with Crippen molar-refractivity contribution in [1.29, 1.82) is 0 Å². The van der Waals surface area contributed by atoms with Gasteiger partial charge in [-0.05, 0) is 18.8 Å². The van der Waals surface area contributed by atoms with Crippen LogP contribution in [0.4, 0.5) is 0 Å². The molecule has 0 spiro atoms. The Kier molecular flexibility index (Phi) is 3.45. The average Bonchev–Trinajstić information content (AvgIpc) is 2.82. The Balaban J connectivity index is 2.21. The summed E-state index contributed by atoms with van der Waals surface area (Å²) in [6.07, 6.45) is 4.35. The van der Waals surface area contributed by atoms with E-state index < -0.39 is 5.97 Å². The van der Waals surface area contributed by atoms with Gasteiger partial charge in [0.05, 0.1) is 5.92 Å². The highest BCUT2D eigenvalue weighted by atomic mass is 16.4. The van der Waals surface area contributed by atoms with E-state index in [0.717, 1.165) is 31.6 Å². The molecule has 1 aromatic rings. The van der Waals surface area contributed by atoms with Crippen LogP contribution in [-0.2, 0) is 11.3 Å². The minimum atomic E-state index is -0.702. The fourth-order valence-electron chi connectivity index (χ4n) is 2.65. The first-order valence-corrected chi connectivity index (χ1v) is 6.20. The highest BCUT2D eigenvalue weighted by Crippen LogP contribution is 2.38. The van der Waals surface area contributed by atoms with E-state index in [-0.39, 0.29) is 11.8 Å². The number of carboxylic acids is 1. The van der Waals surface area contributed by atoms with E-state index in [0.29, 0.717) is 5.92 Å². The van der Waals surface area contributed by atoms with Gasteiger partial charge >= 0.3 is 5.97 Å². The number of rotatable bonds is 4. The van der Waals surface area contributed by atoms with Gasteiger partial charge in [0.1, 0.15) is 12.2 Å². The molecule has 0 saturated heterocycles. The fraction of sp³-hybridized carbons (Fsp3) is 0.750. The molecule has 0 radical (unpaired) electrons. The molecular formula is C12H19N3O2. The van der Waals surface area contributed by atoms with Crippen molar-refractivity contribution < 1.29 is 9.90 Å². The van der Waals surface area contributed by atoms with E-state index in [2.05, 4.69) is 24.0 Å². The van der Waals surface area contributed by atoms with Crippen LogP contribution in [0.15, 0.2) is 6.33 Å². The predicted octanol–water partition coefficient (Wildman–Crippen LogP) is 1.90. The van der Waals surface area contributed by atoms with Gasteiger partial charge in [-0.3, -0.25) is 4.79 Å². The highest BCUT2D eigenvalue weighted by Gasteiger charge is 2.36. The first kappa shape index (κ1) is 12.1. The number of hydrogen-bond donors (Lipinski definition) is 1. The third-order valence-corrected chi connectivity index (χ3v) is 3.37. The van der Waals surface area contributed by atoms with E-state index >= 15 is 0 Å². The minimum Gasteiger partial charge on any atom is -0.481 e. The molecule has 0 bridgehead atoms. The highest BCUT2D eigenvalue weighted by molar-refractivity contribution is 5.71. The van der Waals surface area contributed by atoms with Crippen molar-refractivity contribution in [3.63, 3.8) is 0 Å². The summed E-state index contributed by atoms with van der Waals surface area (Å²) >= 11 is 0. The van der Waals surface area contributed by atoms with Gasteiger partial charge in [-0.25, -0.2) is 0 Å². The molecule has 1 N–H and O–H groups in total. The van der Waals surface area contributed by atoms with Crippen molar-refractivity contribution in [3.05, 3.63) is 12.2 Å². The standard InChI is InChI=1S/C12H19N3O2/c1-8(2)6-15-7-13-14-11(15)9-4-3-5-10(9)12(16)17/h7-10H,3-6H2,1-2H3,(H,16,17). The van der Waals surface area contributed by atoms with Crippen LogP contribution < -0.4 is 0 Å². The van der Waals surface area contributed by atoms with Crippen molar-refractivity contribution >= 4 is 5.97 Å². The molecule has 0 aromatic carbocycles. The van der Waals surface area contributed by atoms with E-state index in [1.54, 1.807) is 6.33 Å². The van der Waals surface area contributed by atoms with Gasteiger partial charge in [0.15, 0.2) is 0 Å². The summed E-state index contributed by atoms with van der Waals surface area (Å²) in [6, 6.07) is 0. The zero-order valence-electron chi connectivity index (χ0n) is 10.3. The normalized spacial score (nSPS) is 24.4. The maximum Gasteiger partial charge on any atom is 0.307 e. The van der Waals surface area contributed by atoms with Gasteiger partial charge in [0, 0.05) is 12.5 Å². The maximum atomic E-state index is 11.2. The number of hydrogen-bond acceptors (Lipinski definition) is 3. The SMILES string of the molecule is CC(C)Cn1cnnc1C1CCCC1C(=O)O. The van der Waals surface area contributed by atoms with Gasteiger partial charge < -0.3 is 9.67 Å². The van der Waals surface area contributed by atoms with Crippen LogP contribution in [0.5, 0.6) is 0 Å². The molecule has 0 aliphatic heterocycles. The van der Waals surface area contributed by atoms with E-state index in [1.807, 2.05) is 4.57 Å². The van der Waals surface area contributed by atoms with Crippen molar-refractivity contribution in [2.75, 3.05) is 0 Å². The molecular weight excluding hydrogens is 218 g/mol. The van der Waals surface area contributed by atoms with Gasteiger partial charge in [0.25, 0.3) is 0 Å². The second-order valence-electron chi connectivity index (χ2n) is 5.22. The summed E-state index contributed by atoms with van der Waals surface area (Å²) in [6.45, 7) is 5.12. The number of nitrogens with zero attached hydrogens (tertiary/aromatic N) is 3. The Morgan fingerprint density at radius 1 is 1.59 bits per heavy atom. The molecule has 2 atom stereocenters. The number of carbonyl (C=O) groups is 1. The molecule has 2 unspecified atom stereocenters. The summed E-state index contributed by atoms with van der Waals surface area (Å²) in [5.74, 6) is 0.406. The summed E-state index contributed by atoms with van der Waals surface area (Å²) in [5, 5.41) is 17.3. The van der Waals surface area contributed by atoms with Crippen LogP contribution in [0.2, 0.25) is 0 Å². The summed E-state index contributed by atoms with van der Waals surface area (Å²) in [4.78, 5) is 11.2. The molecule has 2 rings (SSSR count). The third kappa shape index (κ3) is 2.48. The monoisotopic (exact) mass is 237 g/mol. The molecule has 5 heteroatoms. The minimum absolute atomic E-state index is 0.0359. The summed E-state index contributed by atoms with van der Waals surface area (Å²) in [7, 11) is 0. The molecule has 1 aromatic heterocycles. The lowest BCUT2D eigenvalue weighted by Crippen LogP contribution is -2.20. The quantitative estimate of drug-likeness (QED) is 0.868. The first-order valence-electron chi connectivity index (χ1n) is 6.20. The van der Waals surface area contributed by atoms with Crippen LogP contribution in [0.25, 0.3) is 0 Å². The van der Waals surface area contributed by atoms with Crippen molar-refractivity contribution in [2.24, 2.45) is 11.8 Å². The van der Waals surface area contributed by atoms with E-state index in [9.17, 15) is 9.90 Å². The van der Waals surface area contributed by atoms with Crippen LogP contribution in [-0.4, -0.2) is 25.8 Å². The van der Waals surface area contributed by atoms with Crippen LogP contribution in [0.1, 0.15) is 44.9 Å². The molecule has 0 amide bonds. The van der Waals surface area contributed by atoms with Crippen molar-refractivity contribution in [1.82, 2.24) is 14.8 Å². The van der Waals surface area contributed by atoms with Crippen molar-refractivity contribution in [2.45, 2.75) is 45.6 Å². The molecule has 94 valence electrons. The molecule has 17 heavy (non-hydrogen) atoms. The van der Waals surface area contributed by atoms with Gasteiger partial charge in [-0.15, -0.1) is 10.2 Å². The molecule has 1 fully saturated rings. The predicted molar refractivity (Wildman–Crippen MR) is 62.6 cm³/mol. The number of aromatic nitrogens is 3. The molecule has 5 nitrogen and oxygen atoms in total. The van der Waals surface area contributed by atoms with Gasteiger partial charge in [0.2, 0.25) is 0 Å². The van der Waals surface area contributed by atoms with Crippen molar-refractivity contribution in [3.8, 4) is 0 Å². The largest absolute Gasteiger partial charge is 0.481 e. The fourth-order valence-corrected chi connectivity index (χ4v) is 2.65. The Bertz CT molecular complexity index is 400. The second kappa shape index (κ2) is 4.85. The zero-order chi connectivity index (χ0) is 12.4. The molecule has 1 aliphatic rings. The lowest BCUT2D eigenvalue weighted by atomic mass is 9.95.